The summed E-state index contributed by atoms with van der Waals surface area (Å²) in [5.74, 6) is 0. The maximum atomic E-state index is 5.74. The van der Waals surface area contributed by atoms with Crippen molar-refractivity contribution in [1.29, 1.82) is 0 Å². The molecular weight excluding hydrogens is 270 g/mol. The minimum Gasteiger partial charge on any atom is -0.377 e. The predicted octanol–water partition coefficient (Wildman–Crippen LogP) is 2.75. The molecule has 1 aromatic heterocycles. The van der Waals surface area contributed by atoms with Gasteiger partial charge in [-0.25, -0.2) is 4.98 Å². The van der Waals surface area contributed by atoms with Crippen LogP contribution >= 0.6 is 11.3 Å². The van der Waals surface area contributed by atoms with Crippen molar-refractivity contribution in [1.82, 2.24) is 10.3 Å². The normalized spacial score (nSPS) is 27.2. The van der Waals surface area contributed by atoms with Crippen LogP contribution in [-0.2, 0) is 11.2 Å². The molecule has 0 amide bonds. The number of thiazole rings is 1. The van der Waals surface area contributed by atoms with Gasteiger partial charge >= 0.3 is 0 Å². The zero-order valence-electron chi connectivity index (χ0n) is 12.5. The molecule has 2 atom stereocenters. The standard InChI is InChI=1S/C15H25N3OS/c1-3-16-12-6-4-7-13-14(12)20-15(17-13)18-8-5-9-19-11(2)10-18/h11-12,16H,3-10H2,1-2H3. The predicted molar refractivity (Wildman–Crippen MR) is 83.7 cm³/mol. The van der Waals surface area contributed by atoms with Gasteiger partial charge in [0, 0.05) is 30.6 Å². The highest BCUT2D eigenvalue weighted by Crippen LogP contribution is 2.37. The third-order valence-electron chi connectivity index (χ3n) is 4.11. The molecule has 1 saturated heterocycles. The summed E-state index contributed by atoms with van der Waals surface area (Å²) in [6, 6.07) is 0.524. The largest absolute Gasteiger partial charge is 0.377 e. The molecule has 0 radical (unpaired) electrons. The zero-order valence-corrected chi connectivity index (χ0v) is 13.3. The molecule has 1 aliphatic heterocycles. The third kappa shape index (κ3) is 3.00. The Kier molecular flexibility index (Phi) is 4.58. The van der Waals surface area contributed by atoms with Gasteiger partial charge in [0.25, 0.3) is 0 Å². The number of rotatable bonds is 3. The molecule has 1 aromatic rings. The smallest absolute Gasteiger partial charge is 0.185 e. The number of aromatic nitrogens is 1. The molecule has 1 N–H and O–H groups in total. The summed E-state index contributed by atoms with van der Waals surface area (Å²) in [5.41, 5.74) is 1.33. The first-order valence-electron chi connectivity index (χ1n) is 7.87. The van der Waals surface area contributed by atoms with Gasteiger partial charge in [0.15, 0.2) is 5.13 Å². The number of nitrogens with one attached hydrogen (secondary N) is 1. The molecule has 0 aromatic carbocycles. The molecule has 0 bridgehead atoms. The molecular formula is C15H25N3OS. The van der Waals surface area contributed by atoms with Crippen LogP contribution in [0.2, 0.25) is 0 Å². The summed E-state index contributed by atoms with van der Waals surface area (Å²) < 4.78 is 5.74. The highest BCUT2D eigenvalue weighted by molar-refractivity contribution is 7.15. The maximum absolute atomic E-state index is 5.74. The van der Waals surface area contributed by atoms with E-state index in [9.17, 15) is 0 Å². The lowest BCUT2D eigenvalue weighted by Gasteiger charge is -2.21. The Hall–Kier alpha value is -0.650. The molecule has 5 heteroatoms. The van der Waals surface area contributed by atoms with Crippen LogP contribution in [0.25, 0.3) is 0 Å². The maximum Gasteiger partial charge on any atom is 0.185 e. The van der Waals surface area contributed by atoms with E-state index in [0.29, 0.717) is 12.1 Å². The number of anilines is 1. The van der Waals surface area contributed by atoms with Crippen LogP contribution in [0, 0.1) is 0 Å². The first-order valence-corrected chi connectivity index (χ1v) is 8.69. The molecule has 2 heterocycles. The molecule has 4 nitrogen and oxygen atoms in total. The van der Waals surface area contributed by atoms with E-state index in [1.807, 2.05) is 11.3 Å². The van der Waals surface area contributed by atoms with Crippen LogP contribution in [0.1, 0.15) is 49.7 Å². The first-order chi connectivity index (χ1) is 9.78. The number of ether oxygens (including phenoxy) is 1. The van der Waals surface area contributed by atoms with Crippen molar-refractivity contribution in [2.45, 2.75) is 51.7 Å². The molecule has 1 fully saturated rings. The number of hydrogen-bond acceptors (Lipinski definition) is 5. The Labute approximate surface area is 125 Å². The highest BCUT2D eigenvalue weighted by Gasteiger charge is 2.26. The van der Waals surface area contributed by atoms with Crippen molar-refractivity contribution in [2.24, 2.45) is 0 Å². The fraction of sp³-hybridized carbons (Fsp3) is 0.800. The quantitative estimate of drug-likeness (QED) is 0.930. The van der Waals surface area contributed by atoms with Crippen molar-refractivity contribution in [3.05, 3.63) is 10.6 Å². The van der Waals surface area contributed by atoms with Gasteiger partial charge in [-0.1, -0.05) is 18.3 Å². The van der Waals surface area contributed by atoms with E-state index in [0.717, 1.165) is 39.1 Å². The average molecular weight is 295 g/mol. The number of fused-ring (bicyclic) bond motifs is 1. The molecule has 0 spiro atoms. The van der Waals surface area contributed by atoms with E-state index in [1.54, 1.807) is 0 Å². The van der Waals surface area contributed by atoms with Gasteiger partial charge in [0.05, 0.1) is 11.8 Å². The summed E-state index contributed by atoms with van der Waals surface area (Å²) in [5, 5.41) is 4.81. The monoisotopic (exact) mass is 295 g/mol. The van der Waals surface area contributed by atoms with Gasteiger partial charge in [-0.15, -0.1) is 0 Å². The van der Waals surface area contributed by atoms with Gasteiger partial charge in [-0.2, -0.15) is 0 Å². The minimum absolute atomic E-state index is 0.308. The van der Waals surface area contributed by atoms with E-state index in [2.05, 4.69) is 24.1 Å². The van der Waals surface area contributed by atoms with Crippen molar-refractivity contribution in [3.8, 4) is 0 Å². The molecule has 2 aliphatic rings. The van der Waals surface area contributed by atoms with Crippen molar-refractivity contribution in [3.63, 3.8) is 0 Å². The second-order valence-electron chi connectivity index (χ2n) is 5.79. The van der Waals surface area contributed by atoms with Gasteiger partial charge in [0.1, 0.15) is 0 Å². The number of aryl methyl sites for hydroxylation is 1. The Balaban J connectivity index is 1.80. The van der Waals surface area contributed by atoms with Gasteiger partial charge in [-0.05, 0) is 39.2 Å². The van der Waals surface area contributed by atoms with E-state index in [-0.39, 0.29) is 0 Å². The summed E-state index contributed by atoms with van der Waals surface area (Å²) in [4.78, 5) is 8.83. The van der Waals surface area contributed by atoms with Crippen LogP contribution in [0.3, 0.4) is 0 Å². The number of hydrogen-bond donors (Lipinski definition) is 1. The van der Waals surface area contributed by atoms with E-state index in [1.165, 1.54) is 28.5 Å². The van der Waals surface area contributed by atoms with Gasteiger partial charge < -0.3 is 15.0 Å². The van der Waals surface area contributed by atoms with E-state index < -0.39 is 0 Å². The molecule has 2 unspecified atom stereocenters. The molecule has 20 heavy (non-hydrogen) atoms. The van der Waals surface area contributed by atoms with Crippen LogP contribution in [-0.4, -0.2) is 37.3 Å². The van der Waals surface area contributed by atoms with Crippen LogP contribution in [0.5, 0.6) is 0 Å². The van der Waals surface area contributed by atoms with Crippen LogP contribution in [0.4, 0.5) is 5.13 Å². The SMILES string of the molecule is CCNC1CCCc2nc(N3CCCOC(C)C3)sc21. The van der Waals surface area contributed by atoms with E-state index in [4.69, 9.17) is 9.72 Å². The van der Waals surface area contributed by atoms with Crippen LogP contribution < -0.4 is 10.2 Å². The lowest BCUT2D eigenvalue weighted by molar-refractivity contribution is 0.0821. The average Bonchev–Trinajstić information content (AvgIpc) is 2.76. The summed E-state index contributed by atoms with van der Waals surface area (Å²) in [7, 11) is 0. The molecule has 0 saturated carbocycles. The minimum atomic E-state index is 0.308. The van der Waals surface area contributed by atoms with Crippen LogP contribution in [0.15, 0.2) is 0 Å². The topological polar surface area (TPSA) is 37.4 Å². The van der Waals surface area contributed by atoms with Crippen molar-refractivity contribution in [2.75, 3.05) is 31.1 Å². The van der Waals surface area contributed by atoms with Gasteiger partial charge in [-0.3, -0.25) is 0 Å². The first kappa shape index (κ1) is 14.3. The Morgan fingerprint density at radius 3 is 3.20 bits per heavy atom. The van der Waals surface area contributed by atoms with Crippen molar-refractivity contribution >= 4 is 16.5 Å². The third-order valence-corrected chi connectivity index (χ3v) is 5.38. The second kappa shape index (κ2) is 6.41. The van der Waals surface area contributed by atoms with E-state index >= 15 is 0 Å². The molecule has 1 aliphatic carbocycles. The lowest BCUT2D eigenvalue weighted by atomic mass is 9.98. The fourth-order valence-corrected chi connectivity index (χ4v) is 4.41. The summed E-state index contributed by atoms with van der Waals surface area (Å²) >= 11 is 1.90. The Bertz CT molecular complexity index is 448. The number of nitrogens with zero attached hydrogens (tertiary/aromatic N) is 2. The highest BCUT2D eigenvalue weighted by atomic mass is 32.1. The second-order valence-corrected chi connectivity index (χ2v) is 6.80. The molecule has 112 valence electrons. The Morgan fingerprint density at radius 1 is 1.45 bits per heavy atom. The van der Waals surface area contributed by atoms with Crippen molar-refractivity contribution < 1.29 is 4.74 Å². The van der Waals surface area contributed by atoms with Gasteiger partial charge in [0.2, 0.25) is 0 Å². The summed E-state index contributed by atoms with van der Waals surface area (Å²) in [6.45, 7) is 8.30. The molecule has 3 rings (SSSR count). The Morgan fingerprint density at radius 2 is 2.35 bits per heavy atom. The fourth-order valence-electron chi connectivity index (χ4n) is 3.15. The summed E-state index contributed by atoms with van der Waals surface area (Å²) in [6.07, 6.45) is 5.07. The lowest BCUT2D eigenvalue weighted by Crippen LogP contribution is -2.29. The zero-order chi connectivity index (χ0) is 13.9.